The summed E-state index contributed by atoms with van der Waals surface area (Å²) in [6.45, 7) is 4.11. The lowest BCUT2D eigenvalue weighted by molar-refractivity contribution is 0.233. The van der Waals surface area contributed by atoms with E-state index in [1.807, 2.05) is 18.2 Å². The van der Waals surface area contributed by atoms with Gasteiger partial charge >= 0.3 is 0 Å². The van der Waals surface area contributed by atoms with Crippen molar-refractivity contribution in [3.63, 3.8) is 0 Å². The zero-order chi connectivity index (χ0) is 20.4. The Morgan fingerprint density at radius 3 is 1.90 bits per heavy atom. The van der Waals surface area contributed by atoms with Gasteiger partial charge in [-0.25, -0.2) is 13.4 Å². The van der Waals surface area contributed by atoms with Gasteiger partial charge in [-0.1, -0.05) is 0 Å². The van der Waals surface area contributed by atoms with Crippen molar-refractivity contribution in [2.24, 2.45) is 11.8 Å². The zero-order valence-corrected chi connectivity index (χ0v) is 17.7. The molecule has 0 aliphatic carbocycles. The molecule has 2 aromatic rings. The van der Waals surface area contributed by atoms with Crippen LogP contribution in [-0.2, 0) is 9.84 Å². The van der Waals surface area contributed by atoms with Crippen LogP contribution in [0.4, 0.5) is 11.5 Å². The number of sulfone groups is 1. The van der Waals surface area contributed by atoms with Gasteiger partial charge in [-0.3, -0.25) is 0 Å². The highest BCUT2D eigenvalue weighted by molar-refractivity contribution is 7.90. The summed E-state index contributed by atoms with van der Waals surface area (Å²) in [4.78, 5) is 9.40. The Morgan fingerprint density at radius 1 is 0.862 bits per heavy atom. The smallest absolute Gasteiger partial charge is 0.175 e. The molecule has 0 amide bonds. The zero-order valence-electron chi connectivity index (χ0n) is 16.9. The minimum Gasteiger partial charge on any atom is -0.506 e. The molecule has 156 valence electrons. The first-order valence-corrected chi connectivity index (χ1v) is 12.2. The number of benzene rings is 1. The Balaban J connectivity index is 1.28. The van der Waals surface area contributed by atoms with Crippen molar-refractivity contribution in [2.45, 2.75) is 30.6 Å². The SMILES string of the molecule is CS(=O)(=O)c1ccc(N2CCC(C3CCN(c4ccc(O)cn4)CC3)CC2)cc1. The Hall–Kier alpha value is -2.28. The predicted molar refractivity (Wildman–Crippen MR) is 115 cm³/mol. The highest BCUT2D eigenvalue weighted by Crippen LogP contribution is 2.35. The van der Waals surface area contributed by atoms with Crippen LogP contribution < -0.4 is 9.80 Å². The molecule has 4 rings (SSSR count). The lowest BCUT2D eigenvalue weighted by atomic mass is 9.78. The van der Waals surface area contributed by atoms with Crippen molar-refractivity contribution < 1.29 is 13.5 Å². The van der Waals surface area contributed by atoms with Gasteiger partial charge in [0.2, 0.25) is 0 Å². The van der Waals surface area contributed by atoms with Crippen LogP contribution in [-0.4, -0.2) is 50.9 Å². The van der Waals surface area contributed by atoms with Gasteiger partial charge in [0.25, 0.3) is 0 Å². The molecular weight excluding hydrogens is 386 g/mol. The number of hydrogen-bond acceptors (Lipinski definition) is 6. The van der Waals surface area contributed by atoms with Crippen LogP contribution in [0.15, 0.2) is 47.5 Å². The van der Waals surface area contributed by atoms with Crippen LogP contribution in [0.3, 0.4) is 0 Å². The summed E-state index contributed by atoms with van der Waals surface area (Å²) in [7, 11) is -3.14. The van der Waals surface area contributed by atoms with E-state index in [1.165, 1.54) is 38.1 Å². The molecule has 2 saturated heterocycles. The highest BCUT2D eigenvalue weighted by Gasteiger charge is 2.30. The number of piperidine rings is 2. The maximum absolute atomic E-state index is 11.6. The number of pyridine rings is 1. The van der Waals surface area contributed by atoms with E-state index in [4.69, 9.17) is 0 Å². The number of rotatable bonds is 4. The Kier molecular flexibility index (Phi) is 5.67. The monoisotopic (exact) mass is 415 g/mol. The van der Waals surface area contributed by atoms with Crippen LogP contribution in [0.1, 0.15) is 25.7 Å². The second kappa shape index (κ2) is 8.22. The van der Waals surface area contributed by atoms with Crippen LogP contribution in [0.25, 0.3) is 0 Å². The second-order valence-electron chi connectivity index (χ2n) is 8.29. The third-order valence-electron chi connectivity index (χ3n) is 6.43. The summed E-state index contributed by atoms with van der Waals surface area (Å²) < 4.78 is 23.3. The molecule has 0 saturated carbocycles. The molecule has 1 N–H and O–H groups in total. The van der Waals surface area contributed by atoms with E-state index in [0.717, 1.165) is 49.5 Å². The molecule has 0 bridgehead atoms. The Bertz CT molecular complexity index is 913. The van der Waals surface area contributed by atoms with Crippen LogP contribution in [0.5, 0.6) is 5.75 Å². The van der Waals surface area contributed by atoms with E-state index in [1.54, 1.807) is 18.2 Å². The molecule has 6 nitrogen and oxygen atoms in total. The predicted octanol–water partition coefficient (Wildman–Crippen LogP) is 3.32. The number of aromatic hydroxyl groups is 1. The van der Waals surface area contributed by atoms with Gasteiger partial charge in [0, 0.05) is 38.1 Å². The first-order valence-electron chi connectivity index (χ1n) is 10.4. The van der Waals surface area contributed by atoms with E-state index < -0.39 is 9.84 Å². The number of anilines is 2. The largest absolute Gasteiger partial charge is 0.506 e. The summed E-state index contributed by atoms with van der Waals surface area (Å²) in [5, 5.41) is 9.41. The fourth-order valence-electron chi connectivity index (χ4n) is 4.70. The average molecular weight is 416 g/mol. The first kappa shape index (κ1) is 20.0. The molecular formula is C22H29N3O3S. The molecule has 0 spiro atoms. The van der Waals surface area contributed by atoms with Gasteiger partial charge in [0.05, 0.1) is 11.1 Å². The van der Waals surface area contributed by atoms with Crippen LogP contribution in [0.2, 0.25) is 0 Å². The summed E-state index contributed by atoms with van der Waals surface area (Å²) in [5.74, 6) is 2.68. The fraction of sp³-hybridized carbons (Fsp3) is 0.500. The van der Waals surface area contributed by atoms with Crippen LogP contribution >= 0.6 is 0 Å². The molecule has 1 aromatic carbocycles. The third kappa shape index (κ3) is 4.66. The Morgan fingerprint density at radius 2 is 1.41 bits per heavy atom. The lowest BCUT2D eigenvalue weighted by Gasteiger charge is -2.41. The van der Waals surface area contributed by atoms with E-state index in [-0.39, 0.29) is 5.75 Å². The van der Waals surface area contributed by atoms with Crippen LogP contribution in [0, 0.1) is 11.8 Å². The van der Waals surface area contributed by atoms with Crippen molar-refractivity contribution in [2.75, 3.05) is 42.2 Å². The molecule has 29 heavy (non-hydrogen) atoms. The fourth-order valence-corrected chi connectivity index (χ4v) is 5.33. The second-order valence-corrected chi connectivity index (χ2v) is 10.3. The molecule has 7 heteroatoms. The maximum atomic E-state index is 11.6. The van der Waals surface area contributed by atoms with E-state index in [9.17, 15) is 13.5 Å². The molecule has 0 atom stereocenters. The quantitative estimate of drug-likeness (QED) is 0.826. The minimum absolute atomic E-state index is 0.210. The average Bonchev–Trinajstić information content (AvgIpc) is 2.74. The van der Waals surface area contributed by atoms with Crippen molar-refractivity contribution in [3.05, 3.63) is 42.6 Å². The summed E-state index contributed by atoms with van der Waals surface area (Å²) in [5.41, 5.74) is 1.11. The highest BCUT2D eigenvalue weighted by atomic mass is 32.2. The van der Waals surface area contributed by atoms with E-state index in [2.05, 4.69) is 14.8 Å². The summed E-state index contributed by atoms with van der Waals surface area (Å²) in [6.07, 6.45) is 7.52. The maximum Gasteiger partial charge on any atom is 0.175 e. The number of hydrogen-bond donors (Lipinski definition) is 1. The minimum atomic E-state index is -3.14. The normalized spacial score (nSPS) is 19.5. The van der Waals surface area contributed by atoms with Crippen molar-refractivity contribution in [1.29, 1.82) is 0 Å². The molecule has 0 unspecified atom stereocenters. The molecule has 1 aromatic heterocycles. The van der Waals surface area contributed by atoms with Crippen molar-refractivity contribution in [3.8, 4) is 5.75 Å². The molecule has 2 aliphatic rings. The number of aromatic nitrogens is 1. The van der Waals surface area contributed by atoms with Gasteiger partial charge in [-0.2, -0.15) is 0 Å². The lowest BCUT2D eigenvalue weighted by Crippen LogP contribution is -2.41. The first-order chi connectivity index (χ1) is 13.9. The standard InChI is InChI=1S/C22H29N3O3S/c1-29(27,28)21-5-2-19(3-6-21)24-12-8-17(9-13-24)18-10-14-25(15-11-18)22-7-4-20(26)16-23-22/h2-7,16-18,26H,8-15H2,1H3. The molecule has 0 radical (unpaired) electrons. The summed E-state index contributed by atoms with van der Waals surface area (Å²) in [6, 6.07) is 10.9. The van der Waals surface area contributed by atoms with E-state index >= 15 is 0 Å². The molecule has 2 fully saturated rings. The van der Waals surface area contributed by atoms with Gasteiger partial charge in [0.15, 0.2) is 9.84 Å². The van der Waals surface area contributed by atoms with Gasteiger partial charge in [-0.15, -0.1) is 0 Å². The van der Waals surface area contributed by atoms with Crippen molar-refractivity contribution in [1.82, 2.24) is 4.98 Å². The van der Waals surface area contributed by atoms with Crippen molar-refractivity contribution >= 4 is 21.3 Å². The van der Waals surface area contributed by atoms with Gasteiger partial charge < -0.3 is 14.9 Å². The Labute approximate surface area is 173 Å². The third-order valence-corrected chi connectivity index (χ3v) is 7.56. The topological polar surface area (TPSA) is 73.7 Å². The summed E-state index contributed by atoms with van der Waals surface area (Å²) >= 11 is 0. The van der Waals surface area contributed by atoms with Gasteiger partial charge in [-0.05, 0) is 73.9 Å². The van der Waals surface area contributed by atoms with E-state index in [0.29, 0.717) is 4.90 Å². The molecule has 2 aliphatic heterocycles. The molecule has 3 heterocycles. The van der Waals surface area contributed by atoms with Gasteiger partial charge in [0.1, 0.15) is 11.6 Å². The number of nitrogens with zero attached hydrogens (tertiary/aromatic N) is 3.